The first-order valence-electron chi connectivity index (χ1n) is 6.43. The van der Waals surface area contributed by atoms with Gasteiger partial charge in [-0.2, -0.15) is 0 Å². The van der Waals surface area contributed by atoms with Gasteiger partial charge in [-0.05, 0) is 17.4 Å². The second-order valence-corrected chi connectivity index (χ2v) is 7.87. The Morgan fingerprint density at radius 2 is 2.00 bits per heavy atom. The highest BCUT2D eigenvalue weighted by molar-refractivity contribution is 7.89. The minimum absolute atomic E-state index is 0.0711. The van der Waals surface area contributed by atoms with Crippen LogP contribution in [-0.4, -0.2) is 19.5 Å². The summed E-state index contributed by atoms with van der Waals surface area (Å²) >= 11 is 0. The van der Waals surface area contributed by atoms with Crippen LogP contribution in [0.25, 0.3) is 0 Å². The Morgan fingerprint density at radius 3 is 2.42 bits per heavy atom. The van der Waals surface area contributed by atoms with E-state index in [1.54, 1.807) is 23.9 Å². The van der Waals surface area contributed by atoms with Gasteiger partial charge in [0, 0.05) is 32.0 Å². The normalized spacial score (nSPS) is 14.6. The maximum atomic E-state index is 12.2. The molecule has 110 valence electrons. The Hall–Kier alpha value is -0.850. The van der Waals surface area contributed by atoms with Crippen molar-refractivity contribution >= 4 is 10.0 Å². The van der Waals surface area contributed by atoms with Crippen LogP contribution in [0.3, 0.4) is 0 Å². The van der Waals surface area contributed by atoms with Crippen molar-refractivity contribution in [3.05, 3.63) is 18.0 Å². The number of hydrogen-bond donors (Lipinski definition) is 2. The van der Waals surface area contributed by atoms with Gasteiger partial charge in [0.25, 0.3) is 0 Å². The van der Waals surface area contributed by atoms with E-state index in [0.717, 1.165) is 5.69 Å². The van der Waals surface area contributed by atoms with Crippen LogP contribution in [0.4, 0.5) is 0 Å². The largest absolute Gasteiger partial charge is 0.352 e. The van der Waals surface area contributed by atoms with Gasteiger partial charge in [-0.3, -0.25) is 0 Å². The summed E-state index contributed by atoms with van der Waals surface area (Å²) in [4.78, 5) is 0.275. The van der Waals surface area contributed by atoms with Gasteiger partial charge in [-0.15, -0.1) is 0 Å². The van der Waals surface area contributed by atoms with Crippen LogP contribution in [0.1, 0.15) is 33.4 Å². The van der Waals surface area contributed by atoms with Crippen molar-refractivity contribution in [3.63, 3.8) is 0 Å². The predicted molar refractivity (Wildman–Crippen MR) is 77.1 cm³/mol. The average Bonchev–Trinajstić information content (AvgIpc) is 2.67. The highest BCUT2D eigenvalue weighted by Gasteiger charge is 2.23. The molecule has 0 amide bonds. The lowest BCUT2D eigenvalue weighted by molar-refractivity contribution is 0.263. The molecular weight excluding hydrogens is 262 g/mol. The molecule has 0 radical (unpaired) electrons. The van der Waals surface area contributed by atoms with E-state index in [-0.39, 0.29) is 16.2 Å². The fraction of sp³-hybridized carbons (Fsp3) is 0.692. The third kappa shape index (κ3) is 4.06. The number of sulfonamides is 1. The van der Waals surface area contributed by atoms with E-state index in [4.69, 9.17) is 5.73 Å². The molecule has 1 aromatic rings. The van der Waals surface area contributed by atoms with Gasteiger partial charge in [0.05, 0.1) is 4.90 Å². The summed E-state index contributed by atoms with van der Waals surface area (Å²) in [7, 11) is -1.66. The van der Waals surface area contributed by atoms with Gasteiger partial charge in [0.2, 0.25) is 10.0 Å². The van der Waals surface area contributed by atoms with E-state index in [1.165, 1.54) is 0 Å². The summed E-state index contributed by atoms with van der Waals surface area (Å²) in [6, 6.07) is 1.62. The van der Waals surface area contributed by atoms with E-state index < -0.39 is 10.0 Å². The van der Waals surface area contributed by atoms with Crippen molar-refractivity contribution < 1.29 is 8.42 Å². The van der Waals surface area contributed by atoms with Gasteiger partial charge >= 0.3 is 0 Å². The molecule has 19 heavy (non-hydrogen) atoms. The van der Waals surface area contributed by atoms with E-state index in [2.05, 4.69) is 25.5 Å². The lowest BCUT2D eigenvalue weighted by atomic mass is 9.82. The van der Waals surface area contributed by atoms with Crippen molar-refractivity contribution in [2.45, 2.75) is 39.1 Å². The molecule has 0 aliphatic carbocycles. The van der Waals surface area contributed by atoms with Gasteiger partial charge in [-0.25, -0.2) is 13.1 Å². The van der Waals surface area contributed by atoms with E-state index in [9.17, 15) is 8.42 Å². The van der Waals surface area contributed by atoms with Crippen molar-refractivity contribution in [2.75, 3.05) is 6.54 Å². The third-order valence-corrected chi connectivity index (χ3v) is 5.05. The Bertz CT molecular complexity index is 527. The van der Waals surface area contributed by atoms with Crippen LogP contribution in [0, 0.1) is 11.3 Å². The molecule has 0 saturated carbocycles. The summed E-state index contributed by atoms with van der Waals surface area (Å²) in [5.74, 6) is 0.250. The molecule has 1 atom stereocenters. The summed E-state index contributed by atoms with van der Waals surface area (Å²) in [6.45, 7) is 9.09. The quantitative estimate of drug-likeness (QED) is 0.860. The summed E-state index contributed by atoms with van der Waals surface area (Å²) in [6.07, 6.45) is 1.59. The molecule has 1 heterocycles. The van der Waals surface area contributed by atoms with Crippen molar-refractivity contribution in [1.82, 2.24) is 9.29 Å². The Balaban J connectivity index is 2.81. The Labute approximate surface area is 116 Å². The summed E-state index contributed by atoms with van der Waals surface area (Å²) in [5, 5.41) is 0. The van der Waals surface area contributed by atoms with Crippen LogP contribution >= 0.6 is 0 Å². The third-order valence-electron chi connectivity index (χ3n) is 3.66. The molecule has 0 aromatic carbocycles. The molecule has 0 spiro atoms. The van der Waals surface area contributed by atoms with Crippen LogP contribution in [-0.2, 0) is 23.6 Å². The minimum atomic E-state index is -3.45. The predicted octanol–water partition coefficient (Wildman–Crippen LogP) is 1.44. The van der Waals surface area contributed by atoms with Crippen LogP contribution < -0.4 is 10.5 Å². The molecule has 0 aliphatic heterocycles. The number of nitrogens with zero attached hydrogens (tertiary/aromatic N) is 1. The molecule has 1 unspecified atom stereocenters. The van der Waals surface area contributed by atoms with Crippen LogP contribution in [0.5, 0.6) is 0 Å². The topological polar surface area (TPSA) is 77.1 Å². The Morgan fingerprint density at radius 1 is 1.42 bits per heavy atom. The maximum Gasteiger partial charge on any atom is 0.242 e. The fourth-order valence-corrected chi connectivity index (χ4v) is 2.78. The first-order valence-corrected chi connectivity index (χ1v) is 7.91. The smallest absolute Gasteiger partial charge is 0.242 e. The van der Waals surface area contributed by atoms with E-state index in [1.807, 2.05) is 6.92 Å². The molecule has 0 saturated heterocycles. The fourth-order valence-electron chi connectivity index (χ4n) is 1.55. The zero-order valence-electron chi connectivity index (χ0n) is 12.4. The molecule has 6 heteroatoms. The zero-order valence-corrected chi connectivity index (χ0v) is 13.2. The standard InChI is InChI=1S/C13H25N3O2S/c1-10(13(2,3)4)8-15-19(17,18)12-6-11(7-14)16(5)9-12/h6,9-10,15H,7-8,14H2,1-5H3. The monoisotopic (exact) mass is 287 g/mol. The lowest BCUT2D eigenvalue weighted by Gasteiger charge is -2.27. The van der Waals surface area contributed by atoms with E-state index >= 15 is 0 Å². The molecule has 1 aromatic heterocycles. The van der Waals surface area contributed by atoms with Crippen LogP contribution in [0.15, 0.2) is 17.2 Å². The lowest BCUT2D eigenvalue weighted by Crippen LogP contribution is -2.33. The number of nitrogens with one attached hydrogen (secondary N) is 1. The number of nitrogens with two attached hydrogens (primary N) is 1. The molecule has 0 bridgehead atoms. The van der Waals surface area contributed by atoms with Gasteiger partial charge in [0.1, 0.15) is 0 Å². The number of hydrogen-bond acceptors (Lipinski definition) is 3. The van der Waals surface area contributed by atoms with Gasteiger partial charge in [0.15, 0.2) is 0 Å². The summed E-state index contributed by atoms with van der Waals surface area (Å²) in [5.41, 5.74) is 6.42. The number of aryl methyl sites for hydroxylation is 1. The molecule has 1 rings (SSSR count). The highest BCUT2D eigenvalue weighted by atomic mass is 32.2. The Kier molecular flexibility index (Phi) is 4.81. The summed E-state index contributed by atoms with van der Waals surface area (Å²) < 4.78 is 28.8. The first-order chi connectivity index (χ1) is 8.58. The first kappa shape index (κ1) is 16.2. The van der Waals surface area contributed by atoms with Gasteiger partial charge in [-0.1, -0.05) is 27.7 Å². The average molecular weight is 287 g/mol. The number of rotatable bonds is 5. The number of aromatic nitrogens is 1. The van der Waals surface area contributed by atoms with Crippen molar-refractivity contribution in [1.29, 1.82) is 0 Å². The zero-order chi connectivity index (χ0) is 14.8. The van der Waals surface area contributed by atoms with Gasteiger partial charge < -0.3 is 10.3 Å². The molecule has 5 nitrogen and oxygen atoms in total. The second kappa shape index (κ2) is 5.64. The van der Waals surface area contributed by atoms with Crippen molar-refractivity contribution in [2.24, 2.45) is 24.1 Å². The molecular formula is C13H25N3O2S. The van der Waals surface area contributed by atoms with Crippen LogP contribution in [0.2, 0.25) is 0 Å². The second-order valence-electron chi connectivity index (χ2n) is 6.10. The van der Waals surface area contributed by atoms with Crippen molar-refractivity contribution in [3.8, 4) is 0 Å². The minimum Gasteiger partial charge on any atom is -0.352 e. The van der Waals surface area contributed by atoms with E-state index in [0.29, 0.717) is 13.1 Å². The SMILES string of the molecule is CC(CNS(=O)(=O)c1cc(CN)n(C)c1)C(C)(C)C. The molecule has 3 N–H and O–H groups in total. The molecule has 0 aliphatic rings. The highest BCUT2D eigenvalue weighted by Crippen LogP contribution is 2.25. The maximum absolute atomic E-state index is 12.2. The molecule has 0 fully saturated rings.